The monoisotopic (exact) mass is 475 g/mol. The Morgan fingerprint density at radius 3 is 1.47 bits per heavy atom. The van der Waals surface area contributed by atoms with E-state index in [-0.39, 0.29) is 44.2 Å². The van der Waals surface area contributed by atoms with Crippen molar-refractivity contribution in [2.75, 3.05) is 13.2 Å². The van der Waals surface area contributed by atoms with Gasteiger partial charge < -0.3 is 15.9 Å². The number of unbranched alkanes of at least 4 members (excludes halogenated alkanes) is 15. The van der Waals surface area contributed by atoms with Gasteiger partial charge in [0.25, 0.3) is 0 Å². The Hall–Kier alpha value is -0.420. The minimum atomic E-state index is -1.05. The summed E-state index contributed by atoms with van der Waals surface area (Å²) in [5.41, 5.74) is 5.02. The van der Waals surface area contributed by atoms with Gasteiger partial charge in [0.05, 0.1) is 5.54 Å². The second kappa shape index (κ2) is 25.2. The molecule has 0 aromatic carbocycles. The number of nitrogens with two attached hydrogens (primary N) is 1. The van der Waals surface area contributed by atoms with E-state index >= 15 is 0 Å². The van der Waals surface area contributed by atoms with Crippen LogP contribution in [0, 0.1) is 0 Å². The highest BCUT2D eigenvalue weighted by atomic mass is 35.5. The molecule has 0 heterocycles. The van der Waals surface area contributed by atoms with Crippen molar-refractivity contribution in [3.63, 3.8) is 0 Å². The Labute approximate surface area is 205 Å². The van der Waals surface area contributed by atoms with Crippen molar-refractivity contribution in [2.45, 2.75) is 141 Å². The predicted octanol–water partition coefficient (Wildman–Crippen LogP) is 7.04. The number of aliphatic hydroxyl groups is 2. The normalized spacial score (nSPS) is 11.8. The van der Waals surface area contributed by atoms with Gasteiger partial charge >= 0.3 is 0 Å². The molecule has 0 aromatic heterocycles. The van der Waals surface area contributed by atoms with Crippen LogP contribution in [0.15, 0.2) is 12.2 Å². The van der Waals surface area contributed by atoms with Crippen molar-refractivity contribution in [1.29, 1.82) is 0 Å². The zero-order valence-electron chi connectivity index (χ0n) is 21.0. The first-order valence-electron chi connectivity index (χ1n) is 13.3. The van der Waals surface area contributed by atoms with Gasteiger partial charge in [-0.3, -0.25) is 4.79 Å². The number of rotatable bonds is 24. The number of halogens is 1. The van der Waals surface area contributed by atoms with E-state index in [2.05, 4.69) is 19.1 Å². The summed E-state index contributed by atoms with van der Waals surface area (Å²) in [6.07, 6.45) is 27.4. The Morgan fingerprint density at radius 2 is 1.06 bits per heavy atom. The van der Waals surface area contributed by atoms with Crippen molar-refractivity contribution in [3.05, 3.63) is 12.2 Å². The molecule has 0 aliphatic heterocycles. The molecule has 0 radical (unpaired) electrons. The summed E-state index contributed by atoms with van der Waals surface area (Å²) >= 11 is 0. The zero-order valence-corrected chi connectivity index (χ0v) is 21.8. The van der Waals surface area contributed by atoms with E-state index in [1.54, 1.807) is 0 Å². The number of aliphatic hydroxyl groups excluding tert-OH is 2. The largest absolute Gasteiger partial charge is 0.396 e. The number of ketones is 1. The van der Waals surface area contributed by atoms with Crippen molar-refractivity contribution >= 4 is 18.2 Å². The highest BCUT2D eigenvalue weighted by Crippen LogP contribution is 2.18. The van der Waals surface area contributed by atoms with E-state index in [1.165, 1.54) is 96.3 Å². The topological polar surface area (TPSA) is 83.6 Å². The Kier molecular flexibility index (Phi) is 26.6. The summed E-state index contributed by atoms with van der Waals surface area (Å²) in [5, 5.41) is 18.2. The first-order chi connectivity index (χ1) is 15.1. The lowest BCUT2D eigenvalue weighted by Gasteiger charge is -2.26. The molecule has 0 aliphatic rings. The predicted molar refractivity (Wildman–Crippen MR) is 140 cm³/mol. The molecule has 0 saturated heterocycles. The van der Waals surface area contributed by atoms with Crippen LogP contribution in [0.1, 0.15) is 135 Å². The lowest BCUT2D eigenvalue weighted by atomic mass is 9.85. The zero-order chi connectivity index (χ0) is 23.0. The molecule has 0 fully saturated rings. The quantitative estimate of drug-likeness (QED) is 0.103. The average molecular weight is 476 g/mol. The molecule has 0 spiro atoms. The van der Waals surface area contributed by atoms with Crippen LogP contribution >= 0.6 is 12.4 Å². The molecule has 0 atom stereocenters. The lowest BCUT2D eigenvalue weighted by Crippen LogP contribution is -2.49. The van der Waals surface area contributed by atoms with E-state index < -0.39 is 5.54 Å². The van der Waals surface area contributed by atoms with Crippen LogP contribution in [0.5, 0.6) is 0 Å². The number of Topliss-reactive ketones (excluding diaryl/α,β-unsaturated/α-hetero) is 1. The third-order valence-electron chi connectivity index (χ3n) is 6.34. The van der Waals surface area contributed by atoms with Crippen molar-refractivity contribution in [3.8, 4) is 0 Å². The second-order valence-electron chi connectivity index (χ2n) is 9.28. The van der Waals surface area contributed by atoms with Crippen LogP contribution < -0.4 is 5.73 Å². The smallest absolute Gasteiger partial charge is 0.152 e. The highest BCUT2D eigenvalue weighted by molar-refractivity contribution is 5.88. The summed E-state index contributed by atoms with van der Waals surface area (Å²) in [7, 11) is 0. The first kappa shape index (κ1) is 33.8. The van der Waals surface area contributed by atoms with Gasteiger partial charge in [-0.05, 0) is 44.9 Å². The van der Waals surface area contributed by atoms with Crippen LogP contribution in [0.25, 0.3) is 0 Å². The van der Waals surface area contributed by atoms with Crippen LogP contribution in [0.2, 0.25) is 0 Å². The molecule has 4 N–H and O–H groups in total. The molecule has 0 rings (SSSR count). The van der Waals surface area contributed by atoms with Crippen molar-refractivity contribution in [1.82, 2.24) is 0 Å². The summed E-state index contributed by atoms with van der Waals surface area (Å²) in [6, 6.07) is 0. The summed E-state index contributed by atoms with van der Waals surface area (Å²) in [4.78, 5) is 12.3. The Morgan fingerprint density at radius 1 is 0.688 bits per heavy atom. The number of carbonyl (C=O) groups is 1. The maximum Gasteiger partial charge on any atom is 0.152 e. The van der Waals surface area contributed by atoms with Gasteiger partial charge in [-0.25, -0.2) is 0 Å². The van der Waals surface area contributed by atoms with Gasteiger partial charge in [-0.15, -0.1) is 12.4 Å². The molecule has 0 saturated carbocycles. The maximum absolute atomic E-state index is 12.3. The molecule has 32 heavy (non-hydrogen) atoms. The molecule has 0 unspecified atom stereocenters. The molecule has 0 bridgehead atoms. The fraction of sp³-hybridized carbons (Fsp3) is 0.889. The third kappa shape index (κ3) is 20.2. The average Bonchev–Trinajstić information content (AvgIpc) is 2.75. The third-order valence-corrected chi connectivity index (χ3v) is 6.34. The molecule has 4 nitrogen and oxygen atoms in total. The minimum absolute atomic E-state index is 0. The van der Waals surface area contributed by atoms with Crippen LogP contribution in [0.4, 0.5) is 0 Å². The van der Waals surface area contributed by atoms with E-state index in [0.29, 0.717) is 6.42 Å². The summed E-state index contributed by atoms with van der Waals surface area (Å²) in [5.74, 6) is -0.0170. The van der Waals surface area contributed by atoms with Crippen LogP contribution in [0.3, 0.4) is 0 Å². The number of hydrogen-bond donors (Lipinski definition) is 3. The van der Waals surface area contributed by atoms with E-state index in [4.69, 9.17) is 15.9 Å². The molecule has 0 aliphatic carbocycles. The van der Waals surface area contributed by atoms with E-state index in [9.17, 15) is 4.79 Å². The summed E-state index contributed by atoms with van der Waals surface area (Å²) < 4.78 is 0. The van der Waals surface area contributed by atoms with Crippen LogP contribution in [-0.4, -0.2) is 34.7 Å². The maximum atomic E-state index is 12.3. The van der Waals surface area contributed by atoms with Gasteiger partial charge in [-0.2, -0.15) is 0 Å². The molecule has 0 aromatic rings. The minimum Gasteiger partial charge on any atom is -0.396 e. The van der Waals surface area contributed by atoms with Gasteiger partial charge in [0.1, 0.15) is 0 Å². The van der Waals surface area contributed by atoms with Crippen LogP contribution in [-0.2, 0) is 4.79 Å². The van der Waals surface area contributed by atoms with Gasteiger partial charge in [-0.1, -0.05) is 96.1 Å². The summed E-state index contributed by atoms with van der Waals surface area (Å²) in [6.45, 7) is 2.04. The standard InChI is InChI=1S/C27H53NO3.ClH/c1-2-3-4-5-6-7-8-9-10-11-12-13-14-15-16-17-18-19-20-21-26(31)27(28,22-24-29)23-25-30;/h9-10,29-30H,2-8,11-25,28H2,1H3;1H. The number of allylic oxidation sites excluding steroid dienone is 2. The SMILES string of the molecule is CCCCCCCCC=CCCCCCCCCCCCC(=O)C(N)(CCO)CCO.Cl. The van der Waals surface area contributed by atoms with Gasteiger partial charge in [0, 0.05) is 19.6 Å². The van der Waals surface area contributed by atoms with E-state index in [0.717, 1.165) is 12.8 Å². The van der Waals surface area contributed by atoms with Crippen molar-refractivity contribution in [2.24, 2.45) is 5.73 Å². The second-order valence-corrected chi connectivity index (χ2v) is 9.28. The molecular weight excluding hydrogens is 422 g/mol. The van der Waals surface area contributed by atoms with Gasteiger partial charge in [0.2, 0.25) is 0 Å². The van der Waals surface area contributed by atoms with Crippen molar-refractivity contribution < 1.29 is 15.0 Å². The highest BCUT2D eigenvalue weighted by Gasteiger charge is 2.31. The Balaban J connectivity index is 0. The van der Waals surface area contributed by atoms with Gasteiger partial charge in [0.15, 0.2) is 5.78 Å². The molecule has 0 amide bonds. The van der Waals surface area contributed by atoms with E-state index in [1.807, 2.05) is 0 Å². The first-order valence-corrected chi connectivity index (χ1v) is 13.3. The molecule has 5 heteroatoms. The lowest BCUT2D eigenvalue weighted by molar-refractivity contribution is -0.125. The molecular formula is C27H54ClNO3. The fourth-order valence-corrected chi connectivity index (χ4v) is 4.12. The Bertz CT molecular complexity index is 423. The molecule has 192 valence electrons. The number of carbonyl (C=O) groups excluding carboxylic acids is 1. The fourth-order valence-electron chi connectivity index (χ4n) is 4.12. The number of hydrogen-bond acceptors (Lipinski definition) is 4.